The Morgan fingerprint density at radius 2 is 1.50 bits per heavy atom. The summed E-state index contributed by atoms with van der Waals surface area (Å²) < 4.78 is 26.3. The quantitative estimate of drug-likeness (QED) is 0.478. The number of rotatable bonds is 8. The molecule has 158 valence electrons. The number of ether oxygens (including phenoxy) is 5. The third kappa shape index (κ3) is 3.28. The van der Waals surface area contributed by atoms with E-state index in [4.69, 9.17) is 23.7 Å². The Kier molecular flexibility index (Phi) is 5.81. The number of hydrogen-bond acceptors (Lipinski definition) is 8. The highest BCUT2D eigenvalue weighted by molar-refractivity contribution is 6.53. The first-order valence-electron chi connectivity index (χ1n) is 8.86. The highest BCUT2D eigenvalue weighted by atomic mass is 16.5. The normalized spacial score (nSPS) is 12.5. The van der Waals surface area contributed by atoms with Crippen LogP contribution in [0.25, 0.3) is 0 Å². The lowest BCUT2D eigenvalue weighted by atomic mass is 10.1. The maximum atomic E-state index is 13.0. The summed E-state index contributed by atoms with van der Waals surface area (Å²) in [5, 5.41) is 0. The number of hydrogen-bond donors (Lipinski definition) is 0. The average Bonchev–Trinajstić information content (AvgIpc) is 3.01. The third-order valence-corrected chi connectivity index (χ3v) is 4.78. The van der Waals surface area contributed by atoms with Crippen molar-refractivity contribution in [1.29, 1.82) is 0 Å². The number of amides is 1. The molecule has 0 aliphatic carbocycles. The van der Waals surface area contributed by atoms with Crippen LogP contribution in [0.15, 0.2) is 24.3 Å². The van der Waals surface area contributed by atoms with Gasteiger partial charge in [-0.25, -0.2) is 0 Å². The molecule has 9 nitrogen and oxygen atoms in total. The molecule has 0 unspecified atom stereocenters. The van der Waals surface area contributed by atoms with E-state index < -0.39 is 17.5 Å². The minimum Gasteiger partial charge on any atom is -0.497 e. The van der Waals surface area contributed by atoms with Gasteiger partial charge in [-0.1, -0.05) is 0 Å². The van der Waals surface area contributed by atoms with Crippen molar-refractivity contribution >= 4 is 23.2 Å². The second-order valence-corrected chi connectivity index (χ2v) is 6.25. The van der Waals surface area contributed by atoms with Gasteiger partial charge in [0.15, 0.2) is 17.3 Å². The topological polar surface area (TPSA) is 101 Å². The van der Waals surface area contributed by atoms with E-state index >= 15 is 0 Å². The van der Waals surface area contributed by atoms with Crippen molar-refractivity contribution in [2.24, 2.45) is 0 Å². The molecule has 0 N–H and O–H groups in total. The fraction of sp³-hybridized carbons (Fsp3) is 0.286. The van der Waals surface area contributed by atoms with Gasteiger partial charge in [-0.15, -0.1) is 0 Å². The first-order chi connectivity index (χ1) is 14.4. The number of nitrogens with zero attached hydrogens (tertiary/aromatic N) is 1. The third-order valence-electron chi connectivity index (χ3n) is 4.78. The van der Waals surface area contributed by atoms with E-state index in [1.54, 1.807) is 18.2 Å². The molecule has 0 atom stereocenters. The van der Waals surface area contributed by atoms with E-state index in [-0.39, 0.29) is 40.6 Å². The van der Waals surface area contributed by atoms with E-state index in [2.05, 4.69) is 0 Å². The molecule has 3 rings (SSSR count). The number of anilines is 1. The first-order valence-corrected chi connectivity index (χ1v) is 8.86. The maximum Gasteiger partial charge on any atom is 0.300 e. The van der Waals surface area contributed by atoms with Gasteiger partial charge < -0.3 is 23.7 Å². The van der Waals surface area contributed by atoms with Gasteiger partial charge in [0.25, 0.3) is 11.7 Å². The van der Waals surface area contributed by atoms with Crippen LogP contribution in [0.1, 0.15) is 20.7 Å². The first kappa shape index (κ1) is 21.0. The number of Topliss-reactive ketones (excluding diaryl/α,β-unsaturated/α-hetero) is 2. The zero-order valence-corrected chi connectivity index (χ0v) is 17.2. The van der Waals surface area contributed by atoms with Crippen LogP contribution in [0.3, 0.4) is 0 Å². The molecular weight excluding hydrogens is 394 g/mol. The highest BCUT2D eigenvalue weighted by Crippen LogP contribution is 2.48. The van der Waals surface area contributed by atoms with Crippen molar-refractivity contribution in [3.63, 3.8) is 0 Å². The smallest absolute Gasteiger partial charge is 0.300 e. The van der Waals surface area contributed by atoms with Crippen LogP contribution < -0.4 is 28.6 Å². The number of benzene rings is 2. The van der Waals surface area contributed by atoms with Crippen molar-refractivity contribution in [2.75, 3.05) is 47.0 Å². The lowest BCUT2D eigenvalue weighted by Crippen LogP contribution is -2.34. The lowest BCUT2D eigenvalue weighted by molar-refractivity contribution is -0.114. The van der Waals surface area contributed by atoms with Gasteiger partial charge in [-0.3, -0.25) is 19.3 Å². The van der Waals surface area contributed by atoms with E-state index in [0.717, 1.165) is 4.90 Å². The predicted octanol–water partition coefficient (Wildman–Crippen LogP) is 2.14. The minimum atomic E-state index is -0.848. The Bertz CT molecular complexity index is 1030. The molecular formula is C21H21NO8. The van der Waals surface area contributed by atoms with Crippen LogP contribution >= 0.6 is 0 Å². The summed E-state index contributed by atoms with van der Waals surface area (Å²) in [4.78, 5) is 39.4. The molecule has 1 aliphatic rings. The van der Waals surface area contributed by atoms with Gasteiger partial charge in [-0.2, -0.15) is 0 Å². The molecule has 0 bridgehead atoms. The summed E-state index contributed by atoms with van der Waals surface area (Å²) in [6, 6.07) is 6.18. The number of ketones is 2. The summed E-state index contributed by atoms with van der Waals surface area (Å²) in [5.74, 6) is -0.735. The van der Waals surface area contributed by atoms with Gasteiger partial charge in [0, 0.05) is 12.1 Å². The van der Waals surface area contributed by atoms with Gasteiger partial charge in [0.1, 0.15) is 11.5 Å². The summed E-state index contributed by atoms with van der Waals surface area (Å²) in [6.07, 6.45) is 0. The Labute approximate surface area is 173 Å². The van der Waals surface area contributed by atoms with Crippen molar-refractivity contribution in [2.45, 2.75) is 0 Å². The molecule has 0 radical (unpaired) electrons. The summed E-state index contributed by atoms with van der Waals surface area (Å²) in [7, 11) is 7.08. The van der Waals surface area contributed by atoms with Gasteiger partial charge in [0.2, 0.25) is 5.75 Å². The van der Waals surface area contributed by atoms with Crippen molar-refractivity contribution in [3.8, 4) is 28.7 Å². The molecule has 0 saturated heterocycles. The average molecular weight is 415 g/mol. The van der Waals surface area contributed by atoms with E-state index in [1.165, 1.54) is 41.6 Å². The van der Waals surface area contributed by atoms with Crippen molar-refractivity contribution in [3.05, 3.63) is 35.4 Å². The molecule has 2 aromatic rings. The van der Waals surface area contributed by atoms with Gasteiger partial charge in [0.05, 0.1) is 58.9 Å². The van der Waals surface area contributed by atoms with Gasteiger partial charge in [-0.05, 0) is 12.1 Å². The molecule has 30 heavy (non-hydrogen) atoms. The highest BCUT2D eigenvalue weighted by Gasteiger charge is 2.42. The number of carbonyl (C=O) groups is 3. The van der Waals surface area contributed by atoms with Crippen LogP contribution in [0.2, 0.25) is 0 Å². The standard InChI is InChI=1S/C21H21NO8/c1-26-11-6-7-12(15(8-11)27-2)14(23)10-22-13-9-16(28-3)19(29-4)20(30-5)17(13)18(24)21(22)25/h6-9H,10H2,1-5H3. The fourth-order valence-corrected chi connectivity index (χ4v) is 3.33. The molecule has 0 saturated carbocycles. The van der Waals surface area contributed by atoms with Crippen LogP contribution in [0.4, 0.5) is 5.69 Å². The lowest BCUT2D eigenvalue weighted by Gasteiger charge is -2.19. The SMILES string of the molecule is COc1ccc(C(=O)CN2C(=O)C(=O)c3c2cc(OC)c(OC)c3OC)c(OC)c1. The summed E-state index contributed by atoms with van der Waals surface area (Å²) >= 11 is 0. The molecule has 0 spiro atoms. The van der Waals surface area contributed by atoms with E-state index in [1.807, 2.05) is 0 Å². The molecule has 1 amide bonds. The summed E-state index contributed by atoms with van der Waals surface area (Å²) in [5.41, 5.74) is 0.481. The van der Waals surface area contributed by atoms with Crippen molar-refractivity contribution in [1.82, 2.24) is 0 Å². The molecule has 0 fully saturated rings. The zero-order valence-electron chi connectivity index (χ0n) is 17.2. The Hall–Kier alpha value is -3.75. The zero-order chi connectivity index (χ0) is 22.0. The Morgan fingerprint density at radius 3 is 2.07 bits per heavy atom. The molecule has 1 heterocycles. The second-order valence-electron chi connectivity index (χ2n) is 6.25. The minimum absolute atomic E-state index is 0.0228. The van der Waals surface area contributed by atoms with Gasteiger partial charge >= 0.3 is 0 Å². The van der Waals surface area contributed by atoms with E-state index in [9.17, 15) is 14.4 Å². The largest absolute Gasteiger partial charge is 0.497 e. The number of carbonyl (C=O) groups excluding carboxylic acids is 3. The van der Waals surface area contributed by atoms with Crippen LogP contribution in [0, 0.1) is 0 Å². The molecule has 9 heteroatoms. The van der Waals surface area contributed by atoms with Crippen molar-refractivity contribution < 1.29 is 38.1 Å². The van der Waals surface area contributed by atoms with Crippen LogP contribution in [0.5, 0.6) is 28.7 Å². The molecule has 1 aliphatic heterocycles. The Morgan fingerprint density at radius 1 is 0.833 bits per heavy atom. The maximum absolute atomic E-state index is 13.0. The predicted molar refractivity (Wildman–Crippen MR) is 107 cm³/mol. The van der Waals surface area contributed by atoms with Crippen LogP contribution in [-0.4, -0.2) is 59.6 Å². The number of methoxy groups -OCH3 is 5. The van der Waals surface area contributed by atoms with Crippen LogP contribution in [-0.2, 0) is 4.79 Å². The Balaban J connectivity index is 2.05. The summed E-state index contributed by atoms with van der Waals surface area (Å²) in [6.45, 7) is -0.376. The second kappa shape index (κ2) is 8.32. The monoisotopic (exact) mass is 415 g/mol. The molecule has 0 aromatic heterocycles. The fourth-order valence-electron chi connectivity index (χ4n) is 3.33. The molecule has 2 aromatic carbocycles. The van der Waals surface area contributed by atoms with E-state index in [0.29, 0.717) is 11.5 Å². The number of fused-ring (bicyclic) bond motifs is 1.